The molecule has 204 valence electrons. The molecule has 0 saturated carbocycles. The van der Waals surface area contributed by atoms with Crippen molar-refractivity contribution < 1.29 is 24.1 Å². The molecular formula is C30H50O5Si. The first-order valence-corrected chi connectivity index (χ1v) is 16.2. The summed E-state index contributed by atoms with van der Waals surface area (Å²) in [7, 11) is -0.260. The van der Waals surface area contributed by atoms with Gasteiger partial charge in [0.15, 0.2) is 8.32 Å². The molecule has 1 heterocycles. The predicted molar refractivity (Wildman–Crippen MR) is 151 cm³/mol. The monoisotopic (exact) mass is 518 g/mol. The summed E-state index contributed by atoms with van der Waals surface area (Å²) in [5.74, 6) is 1.35. The molecular weight excluding hydrogens is 468 g/mol. The van der Waals surface area contributed by atoms with Crippen molar-refractivity contribution in [2.45, 2.75) is 124 Å². The molecule has 2 N–H and O–H groups in total. The van der Waals surface area contributed by atoms with Crippen LogP contribution >= 0.6 is 0 Å². The molecule has 1 aliphatic heterocycles. The maximum absolute atomic E-state index is 10.2. The van der Waals surface area contributed by atoms with Gasteiger partial charge in [-0.25, -0.2) is 0 Å². The van der Waals surface area contributed by atoms with E-state index < -0.39 is 13.9 Å². The highest BCUT2D eigenvalue weighted by Gasteiger charge is 2.47. The van der Waals surface area contributed by atoms with Gasteiger partial charge in [-0.1, -0.05) is 44.1 Å². The molecule has 0 amide bonds. The van der Waals surface area contributed by atoms with Crippen molar-refractivity contribution in [2.75, 3.05) is 7.11 Å². The minimum absolute atomic E-state index is 0.101. The minimum atomic E-state index is -1.90. The first kappa shape index (κ1) is 30.6. The van der Waals surface area contributed by atoms with E-state index in [1.807, 2.05) is 6.07 Å². The second-order valence-corrected chi connectivity index (χ2v) is 15.4. The third-order valence-electron chi connectivity index (χ3n) is 8.04. The molecule has 1 aromatic rings. The van der Waals surface area contributed by atoms with Crippen LogP contribution in [0.4, 0.5) is 0 Å². The van der Waals surface area contributed by atoms with Gasteiger partial charge in [-0.15, -0.1) is 0 Å². The highest BCUT2D eigenvalue weighted by molar-refractivity contribution is 6.73. The van der Waals surface area contributed by atoms with Crippen LogP contribution in [0.2, 0.25) is 18.1 Å². The minimum Gasteiger partial charge on any atom is -0.496 e. The molecule has 0 saturated heterocycles. The number of benzene rings is 1. The average Bonchev–Trinajstić information content (AvgIpc) is 2.86. The molecule has 1 aliphatic rings. The highest BCUT2D eigenvalue weighted by Crippen LogP contribution is 2.46. The molecule has 0 radical (unpaired) electrons. The maximum atomic E-state index is 10.2. The summed E-state index contributed by atoms with van der Waals surface area (Å²) in [5.41, 5.74) is 4.42. The van der Waals surface area contributed by atoms with Crippen LogP contribution in [0.5, 0.6) is 11.5 Å². The number of hydrogen-bond donors (Lipinski definition) is 2. The van der Waals surface area contributed by atoms with Gasteiger partial charge in [-0.2, -0.15) is 0 Å². The lowest BCUT2D eigenvalue weighted by Crippen LogP contribution is -2.55. The van der Waals surface area contributed by atoms with Gasteiger partial charge < -0.3 is 24.1 Å². The third kappa shape index (κ3) is 7.24. The average molecular weight is 519 g/mol. The van der Waals surface area contributed by atoms with Gasteiger partial charge in [0, 0.05) is 17.5 Å². The predicted octanol–water partition coefficient (Wildman–Crippen LogP) is 7.24. The molecule has 36 heavy (non-hydrogen) atoms. The van der Waals surface area contributed by atoms with E-state index in [0.717, 1.165) is 49.4 Å². The number of methoxy groups -OCH3 is 1. The van der Waals surface area contributed by atoms with E-state index in [2.05, 4.69) is 60.6 Å². The molecule has 1 aromatic carbocycles. The zero-order chi connectivity index (χ0) is 26.9. The van der Waals surface area contributed by atoms with E-state index in [-0.39, 0.29) is 19.3 Å². The van der Waals surface area contributed by atoms with E-state index in [0.29, 0.717) is 29.0 Å². The Bertz CT molecular complexity index is 906. The van der Waals surface area contributed by atoms with Crippen LogP contribution in [-0.2, 0) is 24.1 Å². The van der Waals surface area contributed by atoms with Gasteiger partial charge >= 0.3 is 0 Å². The summed E-state index contributed by atoms with van der Waals surface area (Å²) in [6.45, 7) is 15.0. The van der Waals surface area contributed by atoms with Gasteiger partial charge in [0.1, 0.15) is 17.1 Å². The van der Waals surface area contributed by atoms with Gasteiger partial charge in [-0.05, 0) is 83.1 Å². The molecule has 2 rings (SSSR count). The van der Waals surface area contributed by atoms with Gasteiger partial charge in [0.25, 0.3) is 0 Å². The molecule has 0 bridgehead atoms. The number of aliphatic hydroxyl groups excluding tert-OH is 2. The van der Waals surface area contributed by atoms with Crippen LogP contribution in [-0.4, -0.2) is 37.3 Å². The zero-order valence-corrected chi connectivity index (χ0v) is 25.0. The van der Waals surface area contributed by atoms with E-state index >= 15 is 0 Å². The van der Waals surface area contributed by atoms with E-state index in [9.17, 15) is 10.2 Å². The normalized spacial score (nSPS) is 20.1. The molecule has 0 fully saturated rings. The Kier molecular flexibility index (Phi) is 11.7. The summed E-state index contributed by atoms with van der Waals surface area (Å²) < 4.78 is 19.6. The third-order valence-corrected chi connectivity index (χ3v) is 12.7. The van der Waals surface area contributed by atoms with Crippen molar-refractivity contribution in [3.8, 4) is 11.5 Å². The lowest BCUT2D eigenvalue weighted by atomic mass is 9.84. The zero-order valence-electron chi connectivity index (χ0n) is 24.0. The number of hydrogen-bond acceptors (Lipinski definition) is 5. The summed E-state index contributed by atoms with van der Waals surface area (Å²) in [6.07, 6.45) is 9.04. The Morgan fingerprint density at radius 3 is 2.28 bits per heavy atom. The Balaban J connectivity index is 2.45. The summed E-state index contributed by atoms with van der Waals surface area (Å²) >= 11 is 0. The number of allylic oxidation sites excluding steroid dienone is 4. The topological polar surface area (TPSA) is 68.2 Å². The first-order chi connectivity index (χ1) is 17.1. The lowest BCUT2D eigenvalue weighted by Gasteiger charge is -2.47. The molecule has 1 unspecified atom stereocenters. The summed E-state index contributed by atoms with van der Waals surface area (Å²) in [6, 6.07) is 5.05. The molecule has 0 aliphatic carbocycles. The van der Waals surface area contributed by atoms with Crippen LogP contribution in [0.1, 0.15) is 90.8 Å². The van der Waals surface area contributed by atoms with Crippen LogP contribution < -0.4 is 9.47 Å². The fraction of sp³-hybridized carbons (Fsp3) is 0.667. The molecule has 6 heteroatoms. The SMILES string of the molecule is CC[Si](CC)(CC)OC1Cc2c(OC)cc(CO)c(CO)c2O[C@@]1(C)CC/C=C(\C)CCC=C(C)C. The number of fused-ring (bicyclic) bond motifs is 1. The Morgan fingerprint density at radius 1 is 1.08 bits per heavy atom. The van der Waals surface area contributed by atoms with Crippen LogP contribution in [0.3, 0.4) is 0 Å². The van der Waals surface area contributed by atoms with Crippen molar-refractivity contribution in [3.63, 3.8) is 0 Å². The van der Waals surface area contributed by atoms with Crippen molar-refractivity contribution in [1.82, 2.24) is 0 Å². The Hall–Kier alpha value is -1.60. The van der Waals surface area contributed by atoms with Crippen molar-refractivity contribution in [2.24, 2.45) is 0 Å². The molecule has 2 atom stereocenters. The highest BCUT2D eigenvalue weighted by atomic mass is 28.4. The second-order valence-electron chi connectivity index (χ2n) is 10.7. The summed E-state index contributed by atoms with van der Waals surface area (Å²) in [4.78, 5) is 0. The van der Waals surface area contributed by atoms with Crippen molar-refractivity contribution in [1.29, 1.82) is 0 Å². The smallest absolute Gasteiger partial charge is 0.192 e. The maximum Gasteiger partial charge on any atom is 0.192 e. The van der Waals surface area contributed by atoms with Gasteiger partial charge in [-0.3, -0.25) is 0 Å². The fourth-order valence-electron chi connectivity index (χ4n) is 5.26. The van der Waals surface area contributed by atoms with E-state index in [1.54, 1.807) is 7.11 Å². The lowest BCUT2D eigenvalue weighted by molar-refractivity contribution is -0.0525. The van der Waals surface area contributed by atoms with Gasteiger partial charge in [0.2, 0.25) is 0 Å². The first-order valence-electron chi connectivity index (χ1n) is 13.7. The van der Waals surface area contributed by atoms with E-state index in [4.69, 9.17) is 13.9 Å². The standard InChI is InChI=1S/C30H50O5Si/c1-9-36(10-2,11-3)35-28-19-25-27(33-8)18-24(20-31)26(21-32)29(25)34-30(28,7)17-13-16-23(6)15-12-14-22(4)5/h14,16,18,28,31-32H,9-13,15,17,19-21H2,1-8H3/b23-16+/t28?,30-/m0/s1. The number of aliphatic hydroxyl groups is 2. The second kappa shape index (κ2) is 13.8. The number of ether oxygens (including phenoxy) is 2. The van der Waals surface area contributed by atoms with Crippen LogP contribution in [0, 0.1) is 0 Å². The Labute approximate surface area is 220 Å². The molecule has 5 nitrogen and oxygen atoms in total. The van der Waals surface area contributed by atoms with E-state index in [1.165, 1.54) is 11.1 Å². The summed E-state index contributed by atoms with van der Waals surface area (Å²) in [5, 5.41) is 20.2. The van der Waals surface area contributed by atoms with Crippen LogP contribution in [0.15, 0.2) is 29.4 Å². The fourth-order valence-corrected chi connectivity index (χ4v) is 8.20. The van der Waals surface area contributed by atoms with Gasteiger partial charge in [0.05, 0.1) is 26.4 Å². The van der Waals surface area contributed by atoms with Crippen LogP contribution in [0.25, 0.3) is 0 Å². The van der Waals surface area contributed by atoms with Crippen molar-refractivity contribution >= 4 is 8.32 Å². The number of rotatable bonds is 14. The quantitative estimate of drug-likeness (QED) is 0.201. The molecule has 0 aromatic heterocycles. The largest absolute Gasteiger partial charge is 0.496 e. The molecule has 0 spiro atoms. The van der Waals surface area contributed by atoms with Crippen molar-refractivity contribution in [3.05, 3.63) is 46.1 Å². The Morgan fingerprint density at radius 2 is 1.75 bits per heavy atom.